The minimum atomic E-state index is -0.413. The number of rotatable bonds is 7. The normalized spacial score (nSPS) is 14.3. The van der Waals surface area contributed by atoms with Crippen LogP contribution < -0.4 is 4.90 Å². The van der Waals surface area contributed by atoms with Gasteiger partial charge in [0.05, 0.1) is 19.3 Å². The van der Waals surface area contributed by atoms with E-state index in [0.717, 1.165) is 65.1 Å². The van der Waals surface area contributed by atoms with Crippen LogP contribution in [0.4, 0.5) is 5.69 Å². The van der Waals surface area contributed by atoms with E-state index in [9.17, 15) is 9.59 Å². The van der Waals surface area contributed by atoms with E-state index in [1.54, 1.807) is 6.08 Å². The quantitative estimate of drug-likeness (QED) is 0.300. The zero-order valence-corrected chi connectivity index (χ0v) is 20.6. The Kier molecular flexibility index (Phi) is 7.80. The summed E-state index contributed by atoms with van der Waals surface area (Å²) in [7, 11) is 1.35. The molecule has 0 atom stereocenters. The Bertz CT molecular complexity index is 1180. The first-order valence-corrected chi connectivity index (χ1v) is 12.2. The second kappa shape index (κ2) is 11.2. The van der Waals surface area contributed by atoms with Crippen molar-refractivity contribution in [1.29, 1.82) is 0 Å². The Hall–Kier alpha value is -3.67. The molecule has 1 heterocycles. The highest BCUT2D eigenvalue weighted by Gasteiger charge is 2.27. The number of hydrogen-bond donors (Lipinski definition) is 0. The van der Waals surface area contributed by atoms with Gasteiger partial charge in [0.2, 0.25) is 5.91 Å². The zero-order chi connectivity index (χ0) is 24.8. The van der Waals surface area contributed by atoms with Crippen LogP contribution in [0.15, 0.2) is 59.1 Å². The van der Waals surface area contributed by atoms with Gasteiger partial charge >= 0.3 is 5.97 Å². The van der Waals surface area contributed by atoms with Crippen molar-refractivity contribution >= 4 is 23.6 Å². The van der Waals surface area contributed by atoms with Crippen LogP contribution in [0.2, 0.25) is 0 Å². The van der Waals surface area contributed by atoms with Crippen molar-refractivity contribution in [1.82, 2.24) is 5.16 Å². The first-order valence-electron chi connectivity index (χ1n) is 12.2. The number of nitrogens with zero attached hydrogens (tertiary/aromatic N) is 2. The minimum absolute atomic E-state index is 0.0413. The van der Waals surface area contributed by atoms with E-state index >= 15 is 0 Å². The monoisotopic (exact) mass is 472 g/mol. The highest BCUT2D eigenvalue weighted by molar-refractivity contribution is 5.95. The number of amides is 1. The first-order chi connectivity index (χ1) is 17.0. The van der Waals surface area contributed by atoms with Crippen molar-refractivity contribution in [2.75, 3.05) is 12.0 Å². The van der Waals surface area contributed by atoms with Crippen LogP contribution in [-0.2, 0) is 20.9 Å². The molecule has 182 valence electrons. The van der Waals surface area contributed by atoms with Crippen molar-refractivity contribution in [3.05, 3.63) is 77.2 Å². The van der Waals surface area contributed by atoms with E-state index in [2.05, 4.69) is 29.4 Å². The molecule has 1 saturated carbocycles. The molecule has 2 aromatic carbocycles. The van der Waals surface area contributed by atoms with Crippen molar-refractivity contribution in [3.8, 4) is 11.1 Å². The van der Waals surface area contributed by atoms with Crippen LogP contribution >= 0.6 is 0 Å². The Balaban J connectivity index is 1.62. The number of hydrogen-bond acceptors (Lipinski definition) is 5. The summed E-state index contributed by atoms with van der Waals surface area (Å²) in [5.74, 6) is 0.582. The molecule has 0 aliphatic heterocycles. The molecular formula is C29H32N2O4. The smallest absolute Gasteiger partial charge is 0.330 e. The summed E-state index contributed by atoms with van der Waals surface area (Å²) in [6, 6.07) is 15.9. The number of carbonyl (C=O) groups excluding carboxylic acids is 2. The predicted octanol–water partition coefficient (Wildman–Crippen LogP) is 6.26. The van der Waals surface area contributed by atoms with Crippen molar-refractivity contribution in [2.45, 2.75) is 52.5 Å². The van der Waals surface area contributed by atoms with E-state index in [1.807, 2.05) is 43.0 Å². The Morgan fingerprint density at radius 3 is 2.49 bits per heavy atom. The molecular weight excluding hydrogens is 440 g/mol. The fraction of sp³-hybridized carbons (Fsp3) is 0.345. The number of anilines is 1. The maximum atomic E-state index is 13.7. The van der Waals surface area contributed by atoms with Gasteiger partial charge in [0, 0.05) is 23.2 Å². The Morgan fingerprint density at radius 1 is 1.09 bits per heavy atom. The molecule has 35 heavy (non-hydrogen) atoms. The molecule has 0 spiro atoms. The Labute approximate surface area is 206 Å². The molecule has 4 rings (SSSR count). The van der Waals surface area contributed by atoms with Crippen LogP contribution in [-0.4, -0.2) is 24.1 Å². The summed E-state index contributed by atoms with van der Waals surface area (Å²) in [5, 5.41) is 4.06. The lowest BCUT2D eigenvalue weighted by Crippen LogP contribution is -2.36. The number of esters is 1. The third kappa shape index (κ3) is 5.88. The topological polar surface area (TPSA) is 72.6 Å². The van der Waals surface area contributed by atoms with Gasteiger partial charge < -0.3 is 14.2 Å². The van der Waals surface area contributed by atoms with Crippen molar-refractivity contribution < 1.29 is 18.8 Å². The molecule has 6 heteroatoms. The molecule has 0 unspecified atom stereocenters. The number of methoxy groups -OCH3 is 1. The number of ether oxygens (including phenoxy) is 1. The number of carbonyl (C=O) groups is 2. The standard InChI is InChI=1S/C29H32N2O4/c1-20-28(21(2)35-30-20)24-15-12-23(13-16-24)19-31(29(33)25-9-5-4-6-10-25)26-11-7-8-22(18-26)14-17-27(32)34-3/h7-8,11-18,25H,4-6,9-10,19H2,1-3H3/b17-14+. The molecule has 0 N–H and O–H groups in total. The van der Waals surface area contributed by atoms with Crippen LogP contribution in [0.5, 0.6) is 0 Å². The summed E-state index contributed by atoms with van der Waals surface area (Å²) in [6.45, 7) is 4.32. The highest BCUT2D eigenvalue weighted by atomic mass is 16.5. The molecule has 1 amide bonds. The lowest BCUT2D eigenvalue weighted by molar-refractivity contribution is -0.134. The lowest BCUT2D eigenvalue weighted by atomic mass is 9.88. The lowest BCUT2D eigenvalue weighted by Gasteiger charge is -2.30. The minimum Gasteiger partial charge on any atom is -0.466 e. The van der Waals surface area contributed by atoms with Gasteiger partial charge in [-0.1, -0.05) is 60.8 Å². The molecule has 0 bridgehead atoms. The molecule has 1 aliphatic carbocycles. The number of aromatic nitrogens is 1. The summed E-state index contributed by atoms with van der Waals surface area (Å²) in [6.07, 6.45) is 8.35. The highest BCUT2D eigenvalue weighted by Crippen LogP contribution is 2.31. The molecule has 1 fully saturated rings. The largest absolute Gasteiger partial charge is 0.466 e. The second-order valence-corrected chi connectivity index (χ2v) is 9.11. The average molecular weight is 473 g/mol. The van der Waals surface area contributed by atoms with Gasteiger partial charge in [-0.25, -0.2) is 4.79 Å². The SMILES string of the molecule is COC(=O)/C=C/c1cccc(N(Cc2ccc(-c3c(C)noc3C)cc2)C(=O)C2CCCCC2)c1. The van der Waals surface area contributed by atoms with Crippen molar-refractivity contribution in [2.24, 2.45) is 5.92 Å². The first kappa shape index (κ1) is 24.5. The van der Waals surface area contributed by atoms with Gasteiger partial charge in [-0.05, 0) is 61.6 Å². The predicted molar refractivity (Wildman–Crippen MR) is 137 cm³/mol. The van der Waals surface area contributed by atoms with Gasteiger partial charge in [-0.15, -0.1) is 0 Å². The summed E-state index contributed by atoms with van der Waals surface area (Å²) < 4.78 is 10.0. The fourth-order valence-electron chi connectivity index (χ4n) is 4.75. The molecule has 0 saturated heterocycles. The third-order valence-electron chi connectivity index (χ3n) is 6.63. The zero-order valence-electron chi connectivity index (χ0n) is 20.6. The fourth-order valence-corrected chi connectivity index (χ4v) is 4.75. The van der Waals surface area contributed by atoms with Crippen LogP contribution in [0, 0.1) is 19.8 Å². The van der Waals surface area contributed by atoms with E-state index in [0.29, 0.717) is 6.54 Å². The third-order valence-corrected chi connectivity index (χ3v) is 6.63. The summed E-state index contributed by atoms with van der Waals surface area (Å²) >= 11 is 0. The number of benzene rings is 2. The van der Waals surface area contributed by atoms with E-state index in [1.165, 1.54) is 19.6 Å². The Morgan fingerprint density at radius 2 is 1.83 bits per heavy atom. The summed E-state index contributed by atoms with van der Waals surface area (Å²) in [4.78, 5) is 27.1. The molecule has 0 radical (unpaired) electrons. The second-order valence-electron chi connectivity index (χ2n) is 9.11. The number of aryl methyl sites for hydroxylation is 2. The van der Waals surface area contributed by atoms with Crippen LogP contribution in [0.25, 0.3) is 17.2 Å². The molecule has 3 aromatic rings. The van der Waals surface area contributed by atoms with E-state index in [-0.39, 0.29) is 11.8 Å². The van der Waals surface area contributed by atoms with Gasteiger partial charge in [0.25, 0.3) is 0 Å². The maximum Gasteiger partial charge on any atom is 0.330 e. The molecule has 6 nitrogen and oxygen atoms in total. The summed E-state index contributed by atoms with van der Waals surface area (Å²) in [5.41, 5.74) is 5.62. The van der Waals surface area contributed by atoms with Gasteiger partial charge in [-0.3, -0.25) is 4.79 Å². The van der Waals surface area contributed by atoms with E-state index < -0.39 is 5.97 Å². The van der Waals surface area contributed by atoms with Crippen molar-refractivity contribution in [3.63, 3.8) is 0 Å². The van der Waals surface area contributed by atoms with E-state index in [4.69, 9.17) is 9.26 Å². The van der Waals surface area contributed by atoms with Gasteiger partial charge in [0.15, 0.2) is 0 Å². The van der Waals surface area contributed by atoms with Gasteiger partial charge in [-0.2, -0.15) is 0 Å². The van der Waals surface area contributed by atoms with Crippen LogP contribution in [0.1, 0.15) is 54.7 Å². The average Bonchev–Trinajstić information content (AvgIpc) is 3.24. The maximum absolute atomic E-state index is 13.7. The van der Waals surface area contributed by atoms with Crippen LogP contribution in [0.3, 0.4) is 0 Å². The molecule has 1 aromatic heterocycles. The molecule has 1 aliphatic rings. The van der Waals surface area contributed by atoms with Gasteiger partial charge in [0.1, 0.15) is 5.76 Å².